The molecule has 18 heavy (non-hydrogen) atoms. The zero-order valence-electron chi connectivity index (χ0n) is 9.08. The van der Waals surface area contributed by atoms with Crippen molar-refractivity contribution >= 4 is 33.5 Å². The highest BCUT2D eigenvalue weighted by molar-refractivity contribution is 9.10. The molecule has 0 spiro atoms. The van der Waals surface area contributed by atoms with Gasteiger partial charge in [-0.1, -0.05) is 22.0 Å². The maximum Gasteiger partial charge on any atom is 0.446 e. The largest absolute Gasteiger partial charge is 0.446 e. The molecule has 0 bridgehead atoms. The summed E-state index contributed by atoms with van der Waals surface area (Å²) >= 11 is 2.64. The fourth-order valence-corrected chi connectivity index (χ4v) is 2.18. The molecule has 1 aromatic rings. The third kappa shape index (κ3) is 3.75. The summed E-state index contributed by atoms with van der Waals surface area (Å²) in [6, 6.07) is 5.51. The van der Waals surface area contributed by atoms with Gasteiger partial charge in [-0.05, 0) is 30.8 Å². The zero-order valence-corrected chi connectivity index (χ0v) is 11.5. The molecule has 96 valence electrons. The van der Waals surface area contributed by atoms with Gasteiger partial charge in [-0.25, -0.2) is 0 Å². The Bertz CT molecular complexity index is 508. The van der Waals surface area contributed by atoms with E-state index in [2.05, 4.69) is 15.9 Å². The Hall–Kier alpha value is -1.00. The number of carbonyl (C=O) groups excluding carboxylic acids is 1. The first kappa shape index (κ1) is 15.1. The molecule has 0 heterocycles. The van der Waals surface area contributed by atoms with Crippen molar-refractivity contribution in [1.82, 2.24) is 0 Å². The minimum atomic E-state index is -4.49. The van der Waals surface area contributed by atoms with E-state index in [-0.39, 0.29) is 16.0 Å². The Labute approximate surface area is 114 Å². The van der Waals surface area contributed by atoms with E-state index in [1.807, 2.05) is 0 Å². The fraction of sp³-hybridized carbons (Fsp3) is 0.273. The molecule has 2 nitrogen and oxygen atoms in total. The molecule has 0 aromatic heterocycles. The minimum Gasteiger partial charge on any atom is -0.293 e. The minimum absolute atomic E-state index is 0.00359. The first-order valence-corrected chi connectivity index (χ1v) is 6.46. The lowest BCUT2D eigenvalue weighted by Gasteiger charge is -2.10. The molecule has 1 atom stereocenters. The lowest BCUT2D eigenvalue weighted by molar-refractivity contribution is -0.0328. The SMILES string of the molecule is CC(Br)C(=O)c1cccc(SC(F)(F)F)c1C#N. The molecule has 0 aliphatic carbocycles. The number of alkyl halides is 4. The number of carbonyl (C=O) groups is 1. The average molecular weight is 338 g/mol. The van der Waals surface area contributed by atoms with Crippen LogP contribution in [-0.4, -0.2) is 16.1 Å². The molecule has 0 fully saturated rings. The van der Waals surface area contributed by atoms with Crippen LogP contribution in [0.1, 0.15) is 22.8 Å². The second-order valence-electron chi connectivity index (χ2n) is 3.32. The Kier molecular flexibility index (Phi) is 4.82. The topological polar surface area (TPSA) is 40.9 Å². The van der Waals surface area contributed by atoms with Gasteiger partial charge in [0, 0.05) is 10.5 Å². The van der Waals surface area contributed by atoms with Crippen molar-refractivity contribution in [2.45, 2.75) is 22.2 Å². The van der Waals surface area contributed by atoms with Gasteiger partial charge in [0.05, 0.1) is 10.4 Å². The number of hydrogen-bond acceptors (Lipinski definition) is 3. The van der Waals surface area contributed by atoms with Crippen molar-refractivity contribution in [3.8, 4) is 6.07 Å². The fourth-order valence-electron chi connectivity index (χ4n) is 1.28. The highest BCUT2D eigenvalue weighted by Gasteiger charge is 2.31. The second-order valence-corrected chi connectivity index (χ2v) is 5.80. The summed E-state index contributed by atoms with van der Waals surface area (Å²) < 4.78 is 36.9. The third-order valence-electron chi connectivity index (χ3n) is 1.99. The number of hydrogen-bond donors (Lipinski definition) is 0. The maximum absolute atomic E-state index is 12.3. The van der Waals surface area contributed by atoms with Crippen LogP contribution >= 0.6 is 27.7 Å². The van der Waals surface area contributed by atoms with Gasteiger partial charge in [0.1, 0.15) is 6.07 Å². The number of benzene rings is 1. The first-order chi connectivity index (χ1) is 8.26. The smallest absolute Gasteiger partial charge is 0.293 e. The van der Waals surface area contributed by atoms with Crippen molar-refractivity contribution in [3.05, 3.63) is 29.3 Å². The molecule has 0 radical (unpaired) electrons. The van der Waals surface area contributed by atoms with E-state index < -0.39 is 27.9 Å². The molecule has 1 rings (SSSR count). The van der Waals surface area contributed by atoms with E-state index in [0.717, 1.165) is 0 Å². The number of ketones is 1. The molecule has 1 unspecified atom stereocenters. The third-order valence-corrected chi connectivity index (χ3v) is 3.20. The van der Waals surface area contributed by atoms with Crippen LogP contribution in [0.25, 0.3) is 0 Å². The predicted octanol–water partition coefficient (Wildman–Crippen LogP) is 4.14. The van der Waals surface area contributed by atoms with Crippen molar-refractivity contribution in [2.24, 2.45) is 0 Å². The second kappa shape index (κ2) is 5.76. The molecule has 0 saturated heterocycles. The number of rotatable bonds is 3. The number of Topliss-reactive ketones (excluding diaryl/α,β-unsaturated/α-hetero) is 1. The highest BCUT2D eigenvalue weighted by atomic mass is 79.9. The summed E-state index contributed by atoms with van der Waals surface area (Å²) in [5.74, 6) is -0.420. The quantitative estimate of drug-likeness (QED) is 0.473. The number of halogens is 4. The zero-order chi connectivity index (χ0) is 13.9. The van der Waals surface area contributed by atoms with E-state index in [1.54, 1.807) is 13.0 Å². The Morgan fingerprint density at radius 2 is 2.11 bits per heavy atom. The monoisotopic (exact) mass is 337 g/mol. The van der Waals surface area contributed by atoms with Gasteiger partial charge < -0.3 is 0 Å². The van der Waals surface area contributed by atoms with Crippen LogP contribution in [0.2, 0.25) is 0 Å². The highest BCUT2D eigenvalue weighted by Crippen LogP contribution is 2.39. The molecule has 7 heteroatoms. The number of nitriles is 1. The van der Waals surface area contributed by atoms with Gasteiger partial charge in [0.2, 0.25) is 0 Å². The van der Waals surface area contributed by atoms with Crippen molar-refractivity contribution < 1.29 is 18.0 Å². The summed E-state index contributed by atoms with van der Waals surface area (Å²) in [7, 11) is 0. The lowest BCUT2D eigenvalue weighted by Crippen LogP contribution is -2.12. The van der Waals surface area contributed by atoms with Crippen molar-refractivity contribution in [3.63, 3.8) is 0 Å². The van der Waals surface area contributed by atoms with Gasteiger partial charge in [0.15, 0.2) is 5.78 Å². The van der Waals surface area contributed by atoms with Crippen LogP contribution < -0.4 is 0 Å². The number of thioether (sulfide) groups is 1. The molecule has 0 amide bonds. The molecular formula is C11H7BrF3NOS. The normalized spacial score (nSPS) is 12.9. The van der Waals surface area contributed by atoms with Crippen LogP contribution in [0.4, 0.5) is 13.2 Å². The van der Waals surface area contributed by atoms with Crippen molar-refractivity contribution in [1.29, 1.82) is 5.26 Å². The molecule has 0 aliphatic heterocycles. The number of nitrogens with zero attached hydrogens (tertiary/aromatic N) is 1. The molecule has 0 saturated carbocycles. The van der Waals surface area contributed by atoms with E-state index in [9.17, 15) is 18.0 Å². The maximum atomic E-state index is 12.3. The van der Waals surface area contributed by atoms with Gasteiger partial charge in [0.25, 0.3) is 0 Å². The van der Waals surface area contributed by atoms with Gasteiger partial charge in [-0.15, -0.1) is 0 Å². The van der Waals surface area contributed by atoms with E-state index in [1.165, 1.54) is 18.2 Å². The summed E-state index contributed by atoms with van der Waals surface area (Å²) in [4.78, 5) is 10.9. The van der Waals surface area contributed by atoms with Gasteiger partial charge in [-0.3, -0.25) is 4.79 Å². The van der Waals surface area contributed by atoms with Crippen LogP contribution in [0.3, 0.4) is 0 Å². The van der Waals surface area contributed by atoms with Gasteiger partial charge >= 0.3 is 5.51 Å². The standard InChI is InChI=1S/C11H7BrF3NOS/c1-6(12)10(17)7-3-2-4-9(8(7)5-16)18-11(13,14)15/h2-4,6H,1H3. The molecule has 0 N–H and O–H groups in total. The average Bonchev–Trinajstić information content (AvgIpc) is 2.25. The first-order valence-electron chi connectivity index (χ1n) is 4.73. The van der Waals surface area contributed by atoms with Crippen LogP contribution in [0, 0.1) is 11.3 Å². The van der Waals surface area contributed by atoms with Crippen LogP contribution in [0.15, 0.2) is 23.1 Å². The molecule has 0 aliphatic rings. The Morgan fingerprint density at radius 3 is 2.56 bits per heavy atom. The summed E-state index contributed by atoms with van der Waals surface area (Å²) in [6.07, 6.45) is 0. The van der Waals surface area contributed by atoms with Gasteiger partial charge in [-0.2, -0.15) is 18.4 Å². The summed E-state index contributed by atoms with van der Waals surface area (Å²) in [6.45, 7) is 1.55. The lowest BCUT2D eigenvalue weighted by atomic mass is 10.0. The van der Waals surface area contributed by atoms with Crippen LogP contribution in [-0.2, 0) is 0 Å². The van der Waals surface area contributed by atoms with E-state index in [0.29, 0.717) is 0 Å². The van der Waals surface area contributed by atoms with Crippen LogP contribution in [0.5, 0.6) is 0 Å². The van der Waals surface area contributed by atoms with E-state index in [4.69, 9.17) is 5.26 Å². The Balaban J connectivity index is 3.28. The van der Waals surface area contributed by atoms with E-state index >= 15 is 0 Å². The van der Waals surface area contributed by atoms with Crippen molar-refractivity contribution in [2.75, 3.05) is 0 Å². The Morgan fingerprint density at radius 1 is 1.50 bits per heavy atom. The molecule has 1 aromatic carbocycles. The molecular weight excluding hydrogens is 331 g/mol. The summed E-state index contributed by atoms with van der Waals surface area (Å²) in [5.41, 5.74) is -4.74. The predicted molar refractivity (Wildman–Crippen MR) is 65.8 cm³/mol. The summed E-state index contributed by atoms with van der Waals surface area (Å²) in [5, 5.41) is 8.93.